The van der Waals surface area contributed by atoms with Crippen LogP contribution in [0.4, 0.5) is 0 Å². The maximum absolute atomic E-state index is 7.32. The summed E-state index contributed by atoms with van der Waals surface area (Å²) in [6.07, 6.45) is 3.15. The van der Waals surface area contributed by atoms with E-state index in [1.807, 2.05) is 24.3 Å². The Bertz CT molecular complexity index is 460. The number of nitrogens with two attached hydrogens (primary N) is 1. The molecule has 0 saturated carbocycles. The molecule has 0 saturated heterocycles. The average Bonchev–Trinajstić information content (AvgIpc) is 2.71. The third kappa shape index (κ3) is 2.19. The van der Waals surface area contributed by atoms with Crippen LogP contribution in [0.3, 0.4) is 0 Å². The van der Waals surface area contributed by atoms with Gasteiger partial charge in [-0.05, 0) is 11.6 Å². The lowest BCUT2D eigenvalue weighted by atomic mass is 10.1. The van der Waals surface area contributed by atoms with Crippen LogP contribution in [0.2, 0.25) is 0 Å². The summed E-state index contributed by atoms with van der Waals surface area (Å²) in [5.74, 6) is 0.0791. The predicted molar refractivity (Wildman–Crippen MR) is 56.6 cm³/mol. The highest BCUT2D eigenvalue weighted by atomic mass is 15.3. The molecule has 15 heavy (non-hydrogen) atoms. The second-order valence-corrected chi connectivity index (χ2v) is 3.21. The summed E-state index contributed by atoms with van der Waals surface area (Å²) in [5.41, 5.74) is 7.18. The first-order valence-corrected chi connectivity index (χ1v) is 4.51. The number of rotatable bonds is 3. The summed E-state index contributed by atoms with van der Waals surface area (Å²) < 4.78 is 1.72. The monoisotopic (exact) mass is 201 g/mol. The zero-order valence-corrected chi connectivity index (χ0v) is 8.09. The van der Waals surface area contributed by atoms with Crippen LogP contribution >= 0.6 is 0 Å². The van der Waals surface area contributed by atoms with E-state index in [0.717, 1.165) is 11.1 Å². The summed E-state index contributed by atoms with van der Waals surface area (Å²) in [6.45, 7) is 0.640. The van der Waals surface area contributed by atoms with Crippen LogP contribution in [-0.2, 0) is 6.54 Å². The molecule has 1 heterocycles. The van der Waals surface area contributed by atoms with Crippen molar-refractivity contribution in [2.24, 2.45) is 5.73 Å². The van der Waals surface area contributed by atoms with Crippen LogP contribution in [0.25, 0.3) is 0 Å². The highest BCUT2D eigenvalue weighted by Crippen LogP contribution is 2.05. The molecule has 0 spiro atoms. The van der Waals surface area contributed by atoms with E-state index in [1.165, 1.54) is 6.33 Å². The Morgan fingerprint density at radius 3 is 3.00 bits per heavy atom. The van der Waals surface area contributed by atoms with Crippen molar-refractivity contribution in [3.63, 3.8) is 0 Å². The molecule has 5 heteroatoms. The fourth-order valence-electron chi connectivity index (χ4n) is 1.34. The van der Waals surface area contributed by atoms with Gasteiger partial charge in [0.25, 0.3) is 0 Å². The molecule has 2 rings (SSSR count). The highest BCUT2D eigenvalue weighted by molar-refractivity contribution is 5.95. The lowest BCUT2D eigenvalue weighted by Crippen LogP contribution is -2.11. The summed E-state index contributed by atoms with van der Waals surface area (Å²) in [4.78, 5) is 3.86. The number of nitrogens with zero attached hydrogens (tertiary/aromatic N) is 3. The van der Waals surface area contributed by atoms with Gasteiger partial charge in [0.05, 0.1) is 6.54 Å². The summed E-state index contributed by atoms with van der Waals surface area (Å²) in [6, 6.07) is 7.54. The maximum Gasteiger partial charge on any atom is 0.137 e. The smallest absolute Gasteiger partial charge is 0.137 e. The molecule has 3 N–H and O–H groups in total. The van der Waals surface area contributed by atoms with Gasteiger partial charge < -0.3 is 5.73 Å². The quantitative estimate of drug-likeness (QED) is 0.564. The van der Waals surface area contributed by atoms with Gasteiger partial charge in [0, 0.05) is 5.56 Å². The van der Waals surface area contributed by atoms with E-state index >= 15 is 0 Å². The van der Waals surface area contributed by atoms with E-state index in [9.17, 15) is 0 Å². The number of hydrogen-bond donors (Lipinski definition) is 2. The van der Waals surface area contributed by atoms with Gasteiger partial charge in [0.15, 0.2) is 0 Å². The van der Waals surface area contributed by atoms with E-state index < -0.39 is 0 Å². The molecular weight excluding hydrogens is 190 g/mol. The van der Waals surface area contributed by atoms with E-state index in [1.54, 1.807) is 11.0 Å². The van der Waals surface area contributed by atoms with Gasteiger partial charge in [-0.3, -0.25) is 5.41 Å². The first-order chi connectivity index (χ1) is 7.25. The van der Waals surface area contributed by atoms with E-state index in [0.29, 0.717) is 6.54 Å². The number of nitrogen functional groups attached to an aromatic ring is 1. The van der Waals surface area contributed by atoms with E-state index in [-0.39, 0.29) is 5.84 Å². The molecule has 0 aliphatic heterocycles. The molecule has 0 unspecified atom stereocenters. The van der Waals surface area contributed by atoms with Gasteiger partial charge in [-0.15, -0.1) is 0 Å². The minimum absolute atomic E-state index is 0.0791. The Kier molecular flexibility index (Phi) is 2.45. The minimum Gasteiger partial charge on any atom is -0.384 e. The Labute approximate surface area is 87.1 Å². The molecule has 1 aromatic heterocycles. The summed E-state index contributed by atoms with van der Waals surface area (Å²) in [7, 11) is 0. The van der Waals surface area contributed by atoms with Gasteiger partial charge in [0.1, 0.15) is 18.5 Å². The zero-order chi connectivity index (χ0) is 10.7. The molecule has 1 aromatic carbocycles. The lowest BCUT2D eigenvalue weighted by molar-refractivity contribution is 0.685. The molecule has 0 aliphatic rings. The predicted octanol–water partition coefficient (Wildman–Crippen LogP) is 0.610. The van der Waals surface area contributed by atoms with Crippen LogP contribution in [0, 0.1) is 5.41 Å². The topological polar surface area (TPSA) is 80.6 Å². The minimum atomic E-state index is 0.0791. The molecule has 2 aromatic rings. The largest absolute Gasteiger partial charge is 0.384 e. The van der Waals surface area contributed by atoms with Crippen molar-refractivity contribution < 1.29 is 0 Å². The fourth-order valence-corrected chi connectivity index (χ4v) is 1.34. The van der Waals surface area contributed by atoms with Crippen molar-refractivity contribution >= 4 is 5.84 Å². The third-order valence-corrected chi connectivity index (χ3v) is 2.05. The first-order valence-electron chi connectivity index (χ1n) is 4.51. The molecule has 0 atom stereocenters. The number of hydrogen-bond acceptors (Lipinski definition) is 3. The zero-order valence-electron chi connectivity index (χ0n) is 8.09. The number of benzene rings is 1. The normalized spacial score (nSPS) is 10.1. The van der Waals surface area contributed by atoms with Gasteiger partial charge in [0.2, 0.25) is 0 Å². The second kappa shape index (κ2) is 3.91. The first kappa shape index (κ1) is 9.39. The fraction of sp³-hybridized carbons (Fsp3) is 0.100. The van der Waals surface area contributed by atoms with Crippen LogP contribution < -0.4 is 5.73 Å². The van der Waals surface area contributed by atoms with Crippen molar-refractivity contribution in [2.45, 2.75) is 6.54 Å². The number of nitrogens with one attached hydrogen (secondary N) is 1. The van der Waals surface area contributed by atoms with Crippen molar-refractivity contribution in [3.05, 3.63) is 48.0 Å². The van der Waals surface area contributed by atoms with Crippen molar-refractivity contribution in [1.29, 1.82) is 5.41 Å². The van der Waals surface area contributed by atoms with E-state index in [4.69, 9.17) is 11.1 Å². The molecular formula is C10H11N5. The van der Waals surface area contributed by atoms with Crippen LogP contribution in [0.5, 0.6) is 0 Å². The Balaban J connectivity index is 2.22. The van der Waals surface area contributed by atoms with Gasteiger partial charge in [-0.2, -0.15) is 5.10 Å². The van der Waals surface area contributed by atoms with Gasteiger partial charge >= 0.3 is 0 Å². The van der Waals surface area contributed by atoms with Gasteiger partial charge in [-0.25, -0.2) is 9.67 Å². The molecule has 0 aliphatic carbocycles. The van der Waals surface area contributed by atoms with Crippen molar-refractivity contribution in [2.75, 3.05) is 0 Å². The molecule has 0 radical (unpaired) electrons. The third-order valence-electron chi connectivity index (χ3n) is 2.05. The average molecular weight is 201 g/mol. The standard InChI is InChI=1S/C10H11N5/c11-10(12)9-3-1-2-8(4-9)5-15-7-13-6-14-15/h1-4,6-7H,5H2,(H3,11,12). The Hall–Kier alpha value is -2.17. The van der Waals surface area contributed by atoms with Crippen molar-refractivity contribution in [1.82, 2.24) is 14.8 Å². The highest BCUT2D eigenvalue weighted by Gasteiger charge is 1.99. The maximum atomic E-state index is 7.32. The Morgan fingerprint density at radius 1 is 1.47 bits per heavy atom. The molecule has 0 amide bonds. The van der Waals surface area contributed by atoms with Crippen LogP contribution in [-0.4, -0.2) is 20.6 Å². The van der Waals surface area contributed by atoms with E-state index in [2.05, 4.69) is 10.1 Å². The molecule has 5 nitrogen and oxygen atoms in total. The number of amidine groups is 1. The number of aromatic nitrogens is 3. The second-order valence-electron chi connectivity index (χ2n) is 3.21. The van der Waals surface area contributed by atoms with Crippen molar-refractivity contribution in [3.8, 4) is 0 Å². The SMILES string of the molecule is N=C(N)c1cccc(Cn2cncn2)c1. The summed E-state index contributed by atoms with van der Waals surface area (Å²) in [5, 5.41) is 11.3. The summed E-state index contributed by atoms with van der Waals surface area (Å²) >= 11 is 0. The lowest BCUT2D eigenvalue weighted by Gasteiger charge is -2.03. The Morgan fingerprint density at radius 2 is 2.33 bits per heavy atom. The van der Waals surface area contributed by atoms with Crippen LogP contribution in [0.15, 0.2) is 36.9 Å². The molecule has 0 fully saturated rings. The van der Waals surface area contributed by atoms with Gasteiger partial charge in [-0.1, -0.05) is 18.2 Å². The molecule has 0 bridgehead atoms. The molecule has 76 valence electrons. The van der Waals surface area contributed by atoms with Crippen LogP contribution in [0.1, 0.15) is 11.1 Å².